The topological polar surface area (TPSA) is 45.0 Å². The molecule has 0 saturated carbocycles. The van der Waals surface area contributed by atoms with Crippen LogP contribution < -0.4 is 10.1 Å². The second kappa shape index (κ2) is 7.48. The summed E-state index contributed by atoms with van der Waals surface area (Å²) in [5, 5.41) is 12.0. The van der Waals surface area contributed by atoms with Crippen LogP contribution in [0.3, 0.4) is 0 Å². The fraction of sp³-hybridized carbons (Fsp3) is 0.188. The molecule has 0 amide bonds. The first-order chi connectivity index (χ1) is 10.1. The van der Waals surface area contributed by atoms with Crippen LogP contribution >= 0.6 is 31.9 Å². The van der Waals surface area contributed by atoms with Crippen molar-refractivity contribution in [1.29, 1.82) is 5.26 Å². The minimum atomic E-state index is 0.0665. The SMILES string of the molecule is CC(Nc1c(Br)cccc1Br)c1ccc(OCC#N)cc1. The molecule has 3 nitrogen and oxygen atoms in total. The van der Waals surface area contributed by atoms with Crippen molar-refractivity contribution in [3.63, 3.8) is 0 Å². The summed E-state index contributed by atoms with van der Waals surface area (Å²) in [6.45, 7) is 2.16. The van der Waals surface area contributed by atoms with Gasteiger partial charge in [-0.1, -0.05) is 18.2 Å². The summed E-state index contributed by atoms with van der Waals surface area (Å²) in [4.78, 5) is 0. The van der Waals surface area contributed by atoms with Crippen LogP contribution in [0, 0.1) is 11.3 Å². The zero-order valence-electron chi connectivity index (χ0n) is 11.4. The minimum absolute atomic E-state index is 0.0665. The first kappa shape index (κ1) is 15.9. The van der Waals surface area contributed by atoms with Gasteiger partial charge in [-0.25, -0.2) is 0 Å². The Kier molecular flexibility index (Phi) is 5.66. The van der Waals surface area contributed by atoms with Crippen LogP contribution in [0.25, 0.3) is 0 Å². The van der Waals surface area contributed by atoms with Gasteiger partial charge < -0.3 is 10.1 Å². The summed E-state index contributed by atoms with van der Waals surface area (Å²) >= 11 is 7.09. The Morgan fingerprint density at radius 3 is 2.33 bits per heavy atom. The summed E-state index contributed by atoms with van der Waals surface area (Å²) in [6, 6.07) is 15.8. The van der Waals surface area contributed by atoms with Crippen LogP contribution in [0.2, 0.25) is 0 Å². The van der Waals surface area contributed by atoms with Gasteiger partial charge in [-0.05, 0) is 68.6 Å². The number of nitriles is 1. The van der Waals surface area contributed by atoms with Crippen molar-refractivity contribution in [3.05, 3.63) is 57.0 Å². The molecule has 1 atom stereocenters. The smallest absolute Gasteiger partial charge is 0.174 e. The highest BCUT2D eigenvalue weighted by molar-refractivity contribution is 9.11. The maximum Gasteiger partial charge on any atom is 0.174 e. The molecule has 2 aromatic rings. The second-order valence-corrected chi connectivity index (χ2v) is 6.19. The molecule has 0 aliphatic carbocycles. The van der Waals surface area contributed by atoms with Gasteiger partial charge in [0.1, 0.15) is 11.8 Å². The van der Waals surface area contributed by atoms with Crippen molar-refractivity contribution in [3.8, 4) is 11.8 Å². The molecule has 0 fully saturated rings. The predicted molar refractivity (Wildman–Crippen MR) is 91.4 cm³/mol. The van der Waals surface area contributed by atoms with Crippen molar-refractivity contribution >= 4 is 37.5 Å². The van der Waals surface area contributed by atoms with E-state index in [0.717, 1.165) is 20.2 Å². The Morgan fingerprint density at radius 2 is 1.76 bits per heavy atom. The van der Waals surface area contributed by atoms with Crippen molar-refractivity contribution in [2.24, 2.45) is 0 Å². The first-order valence-electron chi connectivity index (χ1n) is 6.42. The summed E-state index contributed by atoms with van der Waals surface area (Å²) in [7, 11) is 0. The minimum Gasteiger partial charge on any atom is -0.479 e. The molecule has 0 aliphatic heterocycles. The van der Waals surface area contributed by atoms with E-state index >= 15 is 0 Å². The fourth-order valence-corrected chi connectivity index (χ4v) is 3.13. The lowest BCUT2D eigenvalue weighted by molar-refractivity contribution is 0.368. The molecule has 0 heterocycles. The molecule has 0 aliphatic rings. The number of rotatable bonds is 5. The summed E-state index contributed by atoms with van der Waals surface area (Å²) in [6.07, 6.45) is 0. The molecule has 1 unspecified atom stereocenters. The van der Waals surface area contributed by atoms with Crippen molar-refractivity contribution < 1.29 is 4.74 Å². The van der Waals surface area contributed by atoms with E-state index in [1.165, 1.54) is 0 Å². The molecule has 0 radical (unpaired) electrons. The largest absolute Gasteiger partial charge is 0.479 e. The number of nitrogens with zero attached hydrogens (tertiary/aromatic N) is 1. The van der Waals surface area contributed by atoms with Crippen molar-refractivity contribution in [1.82, 2.24) is 0 Å². The zero-order valence-corrected chi connectivity index (χ0v) is 14.6. The lowest BCUT2D eigenvalue weighted by Crippen LogP contribution is -2.07. The molecule has 0 bridgehead atoms. The number of benzene rings is 2. The zero-order chi connectivity index (χ0) is 15.2. The number of anilines is 1. The Morgan fingerprint density at radius 1 is 1.14 bits per heavy atom. The predicted octanol–water partition coefficient (Wildman–Crippen LogP) is 5.29. The van der Waals surface area contributed by atoms with Gasteiger partial charge in [-0.3, -0.25) is 0 Å². The number of nitrogens with one attached hydrogen (secondary N) is 1. The van der Waals surface area contributed by atoms with E-state index in [4.69, 9.17) is 10.00 Å². The van der Waals surface area contributed by atoms with E-state index in [-0.39, 0.29) is 12.6 Å². The Balaban J connectivity index is 2.10. The van der Waals surface area contributed by atoms with Crippen LogP contribution in [-0.2, 0) is 0 Å². The van der Waals surface area contributed by atoms with Crippen molar-refractivity contribution in [2.75, 3.05) is 11.9 Å². The van der Waals surface area contributed by atoms with E-state index in [2.05, 4.69) is 44.1 Å². The molecule has 108 valence electrons. The van der Waals surface area contributed by atoms with Gasteiger partial charge in [-0.2, -0.15) is 5.26 Å². The highest BCUT2D eigenvalue weighted by atomic mass is 79.9. The molecule has 0 spiro atoms. The molecule has 21 heavy (non-hydrogen) atoms. The molecular weight excluding hydrogens is 396 g/mol. The number of ether oxygens (including phenoxy) is 1. The highest BCUT2D eigenvalue weighted by Crippen LogP contribution is 2.33. The fourth-order valence-electron chi connectivity index (χ4n) is 1.90. The molecule has 0 aromatic heterocycles. The number of hydrogen-bond donors (Lipinski definition) is 1. The average molecular weight is 410 g/mol. The van der Waals surface area contributed by atoms with E-state index in [1.807, 2.05) is 48.5 Å². The molecule has 2 aromatic carbocycles. The van der Waals surface area contributed by atoms with Gasteiger partial charge in [0, 0.05) is 15.0 Å². The van der Waals surface area contributed by atoms with Gasteiger partial charge in [0.25, 0.3) is 0 Å². The number of para-hydroxylation sites is 1. The molecule has 0 saturated heterocycles. The maximum absolute atomic E-state index is 8.49. The van der Waals surface area contributed by atoms with Gasteiger partial charge in [0.05, 0.1) is 5.69 Å². The first-order valence-corrected chi connectivity index (χ1v) is 8.00. The second-order valence-electron chi connectivity index (χ2n) is 4.48. The van der Waals surface area contributed by atoms with Crippen LogP contribution in [-0.4, -0.2) is 6.61 Å². The Bertz CT molecular complexity index is 630. The normalized spacial score (nSPS) is 11.5. The molecule has 2 rings (SSSR count). The monoisotopic (exact) mass is 408 g/mol. The van der Waals surface area contributed by atoms with Gasteiger partial charge in [0.2, 0.25) is 0 Å². The Hall–Kier alpha value is -1.51. The standard InChI is InChI=1S/C16H14Br2N2O/c1-11(20-16-14(17)3-2-4-15(16)18)12-5-7-13(8-6-12)21-10-9-19/h2-8,11,20H,10H2,1H3. The van der Waals surface area contributed by atoms with E-state index in [9.17, 15) is 0 Å². The van der Waals surface area contributed by atoms with E-state index < -0.39 is 0 Å². The lowest BCUT2D eigenvalue weighted by Gasteiger charge is -2.18. The van der Waals surface area contributed by atoms with Gasteiger partial charge in [-0.15, -0.1) is 0 Å². The quantitative estimate of drug-likeness (QED) is 0.729. The van der Waals surface area contributed by atoms with Crippen LogP contribution in [0.5, 0.6) is 5.75 Å². The summed E-state index contributed by atoms with van der Waals surface area (Å²) in [5.74, 6) is 0.703. The van der Waals surface area contributed by atoms with Crippen LogP contribution in [0.1, 0.15) is 18.5 Å². The maximum atomic E-state index is 8.49. The molecule has 5 heteroatoms. The lowest BCUT2D eigenvalue weighted by atomic mass is 10.1. The summed E-state index contributed by atoms with van der Waals surface area (Å²) in [5.41, 5.74) is 2.16. The van der Waals surface area contributed by atoms with Gasteiger partial charge in [0.15, 0.2) is 6.61 Å². The number of hydrogen-bond acceptors (Lipinski definition) is 3. The van der Waals surface area contributed by atoms with E-state index in [0.29, 0.717) is 5.75 Å². The van der Waals surface area contributed by atoms with Crippen LogP contribution in [0.4, 0.5) is 5.69 Å². The average Bonchev–Trinajstić information content (AvgIpc) is 2.49. The highest BCUT2D eigenvalue weighted by Gasteiger charge is 2.10. The number of halogens is 2. The van der Waals surface area contributed by atoms with Gasteiger partial charge >= 0.3 is 0 Å². The van der Waals surface area contributed by atoms with Crippen LogP contribution in [0.15, 0.2) is 51.4 Å². The van der Waals surface area contributed by atoms with E-state index in [1.54, 1.807) is 0 Å². The summed E-state index contributed by atoms with van der Waals surface area (Å²) < 4.78 is 7.27. The third-order valence-electron chi connectivity index (χ3n) is 3.01. The third kappa shape index (κ3) is 4.23. The third-order valence-corrected chi connectivity index (χ3v) is 4.33. The molecule has 1 N–H and O–H groups in total. The molecular formula is C16H14Br2N2O. The Labute approximate surface area is 141 Å². The van der Waals surface area contributed by atoms with Crippen molar-refractivity contribution in [2.45, 2.75) is 13.0 Å².